The van der Waals surface area contributed by atoms with Crippen LogP contribution < -0.4 is 10.6 Å². The van der Waals surface area contributed by atoms with Crippen molar-refractivity contribution in [1.29, 1.82) is 0 Å². The number of piperidine rings is 1. The van der Waals surface area contributed by atoms with Gasteiger partial charge in [0.15, 0.2) is 12.3 Å². The van der Waals surface area contributed by atoms with E-state index in [2.05, 4.69) is 5.32 Å². The summed E-state index contributed by atoms with van der Waals surface area (Å²) in [5, 5.41) is 4.67. The van der Waals surface area contributed by atoms with E-state index in [1.807, 2.05) is 24.4 Å². The first kappa shape index (κ1) is 19.6. The quantitative estimate of drug-likeness (QED) is 0.750. The normalized spacial score (nSPS) is 16.8. The molecule has 0 spiro atoms. The van der Waals surface area contributed by atoms with Gasteiger partial charge in [-0.2, -0.15) is 4.31 Å². The number of hydrogen-bond acceptors (Lipinski definition) is 4. The van der Waals surface area contributed by atoms with Crippen LogP contribution in [0, 0.1) is 0 Å². The monoisotopic (exact) mass is 392 g/mol. The number of sulfonamides is 1. The number of anilines is 1. The van der Waals surface area contributed by atoms with Crippen LogP contribution in [-0.4, -0.2) is 38.3 Å². The highest BCUT2D eigenvalue weighted by molar-refractivity contribution is 7.89. The second-order valence-corrected chi connectivity index (χ2v) is 8.72. The highest BCUT2D eigenvalue weighted by Gasteiger charge is 2.25. The third kappa shape index (κ3) is 4.97. The smallest absolute Gasteiger partial charge is 0.279 e. The summed E-state index contributed by atoms with van der Waals surface area (Å²) in [5.41, 5.74) is 0.580. The standard InChI is InChI=1S/C19H25N3O4S/c1-15(18-6-5-13-26-18)20-14-19(23)21-16-7-9-17(10-8-16)27(24,25)22-11-3-2-4-12-22/h5-10,13,15,20H,2-4,11-12,14H2,1H3,(H,21,23)/p+1/t15-/m1/s1. The molecule has 27 heavy (non-hydrogen) atoms. The average Bonchev–Trinajstić information content (AvgIpc) is 3.22. The second-order valence-electron chi connectivity index (χ2n) is 6.78. The first-order valence-electron chi connectivity index (χ1n) is 9.23. The number of carbonyl (C=O) groups is 1. The molecular formula is C19H26N3O4S+. The van der Waals surface area contributed by atoms with Crippen LogP contribution in [0.4, 0.5) is 5.69 Å². The molecule has 0 unspecified atom stereocenters. The summed E-state index contributed by atoms with van der Waals surface area (Å²) in [6, 6.07) is 10.1. The van der Waals surface area contributed by atoms with Gasteiger partial charge in [-0.05, 0) is 56.2 Å². The minimum atomic E-state index is -3.45. The largest absolute Gasteiger partial charge is 0.463 e. The average molecular weight is 393 g/mol. The number of quaternary nitrogens is 1. The van der Waals surface area contributed by atoms with Gasteiger partial charge in [0.2, 0.25) is 10.0 Å². The molecule has 1 amide bonds. The number of hydrogen-bond donors (Lipinski definition) is 2. The Morgan fingerprint density at radius 1 is 1.19 bits per heavy atom. The lowest BCUT2D eigenvalue weighted by Gasteiger charge is -2.25. The van der Waals surface area contributed by atoms with Crippen molar-refractivity contribution in [1.82, 2.24) is 4.31 Å². The maximum atomic E-state index is 12.6. The van der Waals surface area contributed by atoms with Crippen molar-refractivity contribution in [2.24, 2.45) is 0 Å². The molecule has 3 rings (SSSR count). The topological polar surface area (TPSA) is 96.2 Å². The SMILES string of the molecule is C[C@@H]([NH2+]CC(=O)Nc1ccc(S(=O)(=O)N2CCCCC2)cc1)c1ccco1. The number of rotatable bonds is 7. The first-order valence-corrected chi connectivity index (χ1v) is 10.7. The lowest BCUT2D eigenvalue weighted by Crippen LogP contribution is -2.86. The molecule has 2 heterocycles. The Morgan fingerprint density at radius 2 is 1.89 bits per heavy atom. The zero-order valence-electron chi connectivity index (χ0n) is 15.4. The fourth-order valence-electron chi connectivity index (χ4n) is 3.13. The molecule has 8 heteroatoms. The number of nitrogens with one attached hydrogen (secondary N) is 1. The Hall–Kier alpha value is -2.16. The van der Waals surface area contributed by atoms with Crippen LogP contribution in [0.3, 0.4) is 0 Å². The van der Waals surface area contributed by atoms with Crippen molar-refractivity contribution >= 4 is 21.6 Å². The van der Waals surface area contributed by atoms with Crippen LogP contribution in [0.25, 0.3) is 0 Å². The number of nitrogens with two attached hydrogens (primary N) is 1. The van der Waals surface area contributed by atoms with Gasteiger partial charge < -0.3 is 15.1 Å². The second kappa shape index (κ2) is 8.69. The fraction of sp³-hybridized carbons (Fsp3) is 0.421. The van der Waals surface area contributed by atoms with Gasteiger partial charge in [0.25, 0.3) is 5.91 Å². The van der Waals surface area contributed by atoms with E-state index < -0.39 is 10.0 Å². The third-order valence-corrected chi connectivity index (χ3v) is 6.65. The van der Waals surface area contributed by atoms with E-state index in [4.69, 9.17) is 4.42 Å². The van der Waals surface area contributed by atoms with Crippen molar-refractivity contribution in [2.75, 3.05) is 25.0 Å². The highest BCUT2D eigenvalue weighted by Crippen LogP contribution is 2.21. The Labute approximate surface area is 159 Å². The summed E-state index contributed by atoms with van der Waals surface area (Å²) in [7, 11) is -3.45. The summed E-state index contributed by atoms with van der Waals surface area (Å²) in [5.74, 6) is 0.662. The van der Waals surface area contributed by atoms with Crippen LogP contribution >= 0.6 is 0 Å². The summed E-state index contributed by atoms with van der Waals surface area (Å²) in [6.07, 6.45) is 4.49. The Morgan fingerprint density at radius 3 is 2.52 bits per heavy atom. The molecule has 146 valence electrons. The molecule has 1 saturated heterocycles. The molecule has 1 atom stereocenters. The molecule has 0 radical (unpaired) electrons. The fourth-order valence-corrected chi connectivity index (χ4v) is 4.64. The Kier molecular flexibility index (Phi) is 6.30. The van der Waals surface area contributed by atoms with Crippen molar-refractivity contribution in [3.63, 3.8) is 0 Å². The van der Waals surface area contributed by atoms with E-state index in [-0.39, 0.29) is 23.4 Å². The Balaban J connectivity index is 1.54. The highest BCUT2D eigenvalue weighted by atomic mass is 32.2. The summed E-state index contributed by atoms with van der Waals surface area (Å²) in [6.45, 7) is 3.36. The molecular weight excluding hydrogens is 366 g/mol. The van der Waals surface area contributed by atoms with Crippen LogP contribution in [0.15, 0.2) is 52.0 Å². The van der Waals surface area contributed by atoms with Gasteiger partial charge in [-0.15, -0.1) is 0 Å². The lowest BCUT2D eigenvalue weighted by molar-refractivity contribution is -0.684. The van der Waals surface area contributed by atoms with Gasteiger partial charge in [-0.1, -0.05) is 6.42 Å². The zero-order valence-corrected chi connectivity index (χ0v) is 16.2. The minimum Gasteiger partial charge on any atom is -0.463 e. The van der Waals surface area contributed by atoms with Crippen LogP contribution in [0.5, 0.6) is 0 Å². The molecule has 1 aliphatic rings. The van der Waals surface area contributed by atoms with Gasteiger partial charge in [0, 0.05) is 18.8 Å². The Bertz CT molecular complexity index is 842. The molecule has 3 N–H and O–H groups in total. The molecule has 7 nitrogen and oxygen atoms in total. The van der Waals surface area contributed by atoms with E-state index in [1.54, 1.807) is 30.5 Å². The third-order valence-electron chi connectivity index (χ3n) is 4.74. The molecule has 2 aromatic rings. The van der Waals surface area contributed by atoms with E-state index in [0.717, 1.165) is 25.0 Å². The van der Waals surface area contributed by atoms with E-state index in [9.17, 15) is 13.2 Å². The van der Waals surface area contributed by atoms with Gasteiger partial charge in [0.1, 0.15) is 6.04 Å². The van der Waals surface area contributed by atoms with Crippen LogP contribution in [-0.2, 0) is 14.8 Å². The van der Waals surface area contributed by atoms with Crippen molar-refractivity contribution < 1.29 is 22.9 Å². The van der Waals surface area contributed by atoms with Crippen molar-refractivity contribution in [3.05, 3.63) is 48.4 Å². The van der Waals surface area contributed by atoms with Crippen LogP contribution in [0.1, 0.15) is 38.0 Å². The molecule has 0 aliphatic carbocycles. The van der Waals surface area contributed by atoms with Crippen molar-refractivity contribution in [3.8, 4) is 0 Å². The van der Waals surface area contributed by atoms with Crippen molar-refractivity contribution in [2.45, 2.75) is 37.1 Å². The number of amides is 1. The summed E-state index contributed by atoms with van der Waals surface area (Å²) < 4.78 is 32.1. The molecule has 1 aromatic heterocycles. The van der Waals surface area contributed by atoms with E-state index >= 15 is 0 Å². The number of furan rings is 1. The number of benzene rings is 1. The minimum absolute atomic E-state index is 0.0443. The molecule has 0 bridgehead atoms. The molecule has 1 aliphatic heterocycles. The summed E-state index contributed by atoms with van der Waals surface area (Å²) >= 11 is 0. The maximum Gasteiger partial charge on any atom is 0.279 e. The number of carbonyl (C=O) groups excluding carboxylic acids is 1. The maximum absolute atomic E-state index is 12.6. The van der Waals surface area contributed by atoms with E-state index in [1.165, 1.54) is 4.31 Å². The lowest BCUT2D eigenvalue weighted by atomic mass is 10.2. The van der Waals surface area contributed by atoms with Gasteiger partial charge >= 0.3 is 0 Å². The van der Waals surface area contributed by atoms with Crippen LogP contribution in [0.2, 0.25) is 0 Å². The molecule has 1 fully saturated rings. The number of nitrogens with zero attached hydrogens (tertiary/aromatic N) is 1. The van der Waals surface area contributed by atoms with Gasteiger partial charge in [-0.3, -0.25) is 4.79 Å². The first-order chi connectivity index (χ1) is 13.0. The molecule has 0 saturated carbocycles. The predicted octanol–water partition coefficient (Wildman–Crippen LogP) is 1.72. The summed E-state index contributed by atoms with van der Waals surface area (Å²) in [4.78, 5) is 12.4. The van der Waals surface area contributed by atoms with Gasteiger partial charge in [0.05, 0.1) is 11.2 Å². The van der Waals surface area contributed by atoms with Gasteiger partial charge in [-0.25, -0.2) is 8.42 Å². The zero-order chi connectivity index (χ0) is 19.3. The molecule has 1 aromatic carbocycles. The predicted molar refractivity (Wildman–Crippen MR) is 102 cm³/mol. The van der Waals surface area contributed by atoms with E-state index in [0.29, 0.717) is 18.8 Å².